The maximum atomic E-state index is 11.9. The highest BCUT2D eigenvalue weighted by atomic mass is 79.9. The molecule has 19 heavy (non-hydrogen) atoms. The van der Waals surface area contributed by atoms with E-state index in [0.29, 0.717) is 20.9 Å². The van der Waals surface area contributed by atoms with Crippen molar-refractivity contribution in [3.63, 3.8) is 0 Å². The molecule has 0 radical (unpaired) electrons. The van der Waals surface area contributed by atoms with E-state index in [9.17, 15) is 4.79 Å². The van der Waals surface area contributed by atoms with Gasteiger partial charge >= 0.3 is 0 Å². The number of anilines is 1. The third kappa shape index (κ3) is 3.34. The summed E-state index contributed by atoms with van der Waals surface area (Å²) in [5.74, 6) is -0.239. The van der Waals surface area contributed by atoms with Gasteiger partial charge in [0.25, 0.3) is 5.91 Å². The predicted octanol–water partition coefficient (Wildman–Crippen LogP) is 3.58. The summed E-state index contributed by atoms with van der Waals surface area (Å²) in [7, 11) is 0. The second-order valence-corrected chi connectivity index (χ2v) is 5.25. The molecule has 0 aliphatic heterocycles. The summed E-state index contributed by atoms with van der Waals surface area (Å²) < 4.78 is 5.62. The number of furan rings is 1. The van der Waals surface area contributed by atoms with Gasteiger partial charge in [-0.3, -0.25) is 4.79 Å². The Morgan fingerprint density at radius 1 is 1.37 bits per heavy atom. The van der Waals surface area contributed by atoms with Gasteiger partial charge in [-0.15, -0.1) is 0 Å². The Bertz CT molecular complexity index is 657. The van der Waals surface area contributed by atoms with Crippen molar-refractivity contribution in [3.05, 3.63) is 51.3 Å². The van der Waals surface area contributed by atoms with Crippen LogP contribution in [0.4, 0.5) is 5.69 Å². The molecule has 0 saturated carbocycles. The number of carbonyl (C=O) groups excluding carboxylic acids is 1. The zero-order chi connectivity index (χ0) is 14.0. The molecule has 0 bridgehead atoms. The van der Waals surface area contributed by atoms with Crippen molar-refractivity contribution in [1.29, 1.82) is 0 Å². The predicted molar refractivity (Wildman–Crippen MR) is 81.7 cm³/mol. The molecule has 0 spiro atoms. The molecule has 0 aliphatic rings. The molecular weight excluding hydrogens is 352 g/mol. The number of thiocarbonyl (C=S) groups is 1. The van der Waals surface area contributed by atoms with Crippen LogP contribution < -0.4 is 11.1 Å². The van der Waals surface area contributed by atoms with Crippen LogP contribution >= 0.6 is 39.7 Å². The molecule has 0 aliphatic carbocycles. The largest absolute Gasteiger partial charge is 0.444 e. The number of hydrogen-bond acceptors (Lipinski definition) is 3. The molecule has 0 atom stereocenters. The minimum Gasteiger partial charge on any atom is -0.444 e. The van der Waals surface area contributed by atoms with Crippen molar-refractivity contribution in [3.8, 4) is 0 Å². The average Bonchev–Trinajstić information content (AvgIpc) is 2.78. The lowest BCUT2D eigenvalue weighted by Gasteiger charge is -2.07. The molecule has 1 aromatic carbocycles. The Kier molecular flexibility index (Phi) is 4.24. The Morgan fingerprint density at radius 3 is 2.68 bits per heavy atom. The summed E-state index contributed by atoms with van der Waals surface area (Å²) in [5, 5.41) is 3.02. The van der Waals surface area contributed by atoms with E-state index >= 15 is 0 Å². The van der Waals surface area contributed by atoms with Gasteiger partial charge in [0.2, 0.25) is 0 Å². The van der Waals surface area contributed by atoms with Crippen LogP contribution in [0.2, 0.25) is 5.02 Å². The topological polar surface area (TPSA) is 68.3 Å². The van der Waals surface area contributed by atoms with Gasteiger partial charge in [-0.05, 0) is 40.2 Å². The first-order valence-corrected chi connectivity index (χ1v) is 6.71. The number of rotatable bonds is 3. The van der Waals surface area contributed by atoms with Crippen LogP contribution in [0.1, 0.15) is 16.1 Å². The number of nitrogens with two attached hydrogens (primary N) is 1. The van der Waals surface area contributed by atoms with E-state index < -0.39 is 5.91 Å². The van der Waals surface area contributed by atoms with Gasteiger partial charge in [0.15, 0.2) is 10.4 Å². The average molecular weight is 360 g/mol. The molecular formula is C12H8BrClN2O2S. The van der Waals surface area contributed by atoms with Crippen molar-refractivity contribution in [1.82, 2.24) is 0 Å². The zero-order valence-corrected chi connectivity index (χ0v) is 12.6. The zero-order valence-electron chi connectivity index (χ0n) is 9.44. The molecule has 1 aromatic heterocycles. The SMILES string of the molecule is NC(=S)c1ccc(Cl)c(NC(=O)c2ccc(Br)o2)c1. The summed E-state index contributed by atoms with van der Waals surface area (Å²) in [4.78, 5) is 12.1. The van der Waals surface area contributed by atoms with Crippen molar-refractivity contribution in [2.75, 3.05) is 5.32 Å². The van der Waals surface area contributed by atoms with Gasteiger partial charge in [0.05, 0.1) is 10.7 Å². The quantitative estimate of drug-likeness (QED) is 0.822. The van der Waals surface area contributed by atoms with Gasteiger partial charge in [0.1, 0.15) is 4.99 Å². The number of halogens is 2. The summed E-state index contributed by atoms with van der Waals surface area (Å²) >= 11 is 14.0. The van der Waals surface area contributed by atoms with Crippen LogP contribution in [0.15, 0.2) is 39.4 Å². The van der Waals surface area contributed by atoms with Gasteiger partial charge in [0, 0.05) is 5.56 Å². The van der Waals surface area contributed by atoms with E-state index in [1.54, 1.807) is 30.3 Å². The Labute approximate surface area is 128 Å². The van der Waals surface area contributed by atoms with Crippen LogP contribution in [0.3, 0.4) is 0 Å². The number of hydrogen-bond donors (Lipinski definition) is 2. The first-order valence-electron chi connectivity index (χ1n) is 5.13. The molecule has 2 rings (SSSR count). The van der Waals surface area contributed by atoms with Crippen LogP contribution in [0.25, 0.3) is 0 Å². The van der Waals surface area contributed by atoms with Crippen molar-refractivity contribution in [2.45, 2.75) is 0 Å². The summed E-state index contributed by atoms with van der Waals surface area (Å²) in [6, 6.07) is 8.08. The number of nitrogens with one attached hydrogen (secondary N) is 1. The molecule has 3 N–H and O–H groups in total. The fourth-order valence-corrected chi connectivity index (χ4v) is 1.99. The normalized spacial score (nSPS) is 10.2. The molecule has 0 saturated heterocycles. The Morgan fingerprint density at radius 2 is 2.11 bits per heavy atom. The summed E-state index contributed by atoms with van der Waals surface area (Å²) in [5.41, 5.74) is 6.57. The lowest BCUT2D eigenvalue weighted by Crippen LogP contribution is -2.13. The highest BCUT2D eigenvalue weighted by molar-refractivity contribution is 9.10. The molecule has 1 amide bonds. The third-order valence-corrected chi connectivity index (χ3v) is 3.29. The molecule has 0 fully saturated rings. The van der Waals surface area contributed by atoms with E-state index in [0.717, 1.165) is 0 Å². The van der Waals surface area contributed by atoms with Gasteiger partial charge < -0.3 is 15.5 Å². The number of benzene rings is 1. The Hall–Kier alpha value is -1.37. The van der Waals surface area contributed by atoms with Crippen LogP contribution in [0.5, 0.6) is 0 Å². The van der Waals surface area contributed by atoms with Gasteiger partial charge in [-0.2, -0.15) is 0 Å². The number of carbonyl (C=O) groups is 1. The van der Waals surface area contributed by atoms with Crippen LogP contribution in [0, 0.1) is 0 Å². The highest BCUT2D eigenvalue weighted by Gasteiger charge is 2.13. The minimum atomic E-state index is -0.410. The summed E-state index contributed by atoms with van der Waals surface area (Å²) in [6.45, 7) is 0. The monoisotopic (exact) mass is 358 g/mol. The molecule has 1 heterocycles. The smallest absolute Gasteiger partial charge is 0.291 e. The Balaban J connectivity index is 2.25. The van der Waals surface area contributed by atoms with Gasteiger partial charge in [-0.25, -0.2) is 0 Å². The van der Waals surface area contributed by atoms with Crippen molar-refractivity contribution < 1.29 is 9.21 Å². The van der Waals surface area contributed by atoms with E-state index in [-0.39, 0.29) is 10.7 Å². The maximum Gasteiger partial charge on any atom is 0.291 e. The fourth-order valence-electron chi connectivity index (χ4n) is 1.39. The molecule has 0 unspecified atom stereocenters. The van der Waals surface area contributed by atoms with E-state index in [1.165, 1.54) is 0 Å². The van der Waals surface area contributed by atoms with Crippen molar-refractivity contribution >= 4 is 56.3 Å². The second-order valence-electron chi connectivity index (χ2n) is 3.62. The second kappa shape index (κ2) is 5.73. The summed E-state index contributed by atoms with van der Waals surface area (Å²) in [6.07, 6.45) is 0. The highest BCUT2D eigenvalue weighted by Crippen LogP contribution is 2.24. The van der Waals surface area contributed by atoms with E-state index in [1.807, 2.05) is 0 Å². The molecule has 7 heteroatoms. The van der Waals surface area contributed by atoms with E-state index in [2.05, 4.69) is 21.2 Å². The fraction of sp³-hybridized carbons (Fsp3) is 0. The molecule has 4 nitrogen and oxygen atoms in total. The third-order valence-electron chi connectivity index (χ3n) is 2.30. The van der Waals surface area contributed by atoms with Gasteiger partial charge in [-0.1, -0.05) is 29.9 Å². The first-order chi connectivity index (χ1) is 8.97. The van der Waals surface area contributed by atoms with E-state index in [4.69, 9.17) is 34.0 Å². The maximum absolute atomic E-state index is 11.9. The number of amides is 1. The standard InChI is InChI=1S/C12H8BrClN2O2S/c13-10-4-3-9(18-10)12(17)16-8-5-6(11(15)19)1-2-7(8)14/h1-5H,(H2,15,19)(H,16,17). The molecule has 98 valence electrons. The van der Waals surface area contributed by atoms with Crippen LogP contribution in [-0.4, -0.2) is 10.9 Å². The lowest BCUT2D eigenvalue weighted by molar-refractivity contribution is 0.0995. The van der Waals surface area contributed by atoms with Crippen molar-refractivity contribution in [2.24, 2.45) is 5.73 Å². The molecule has 2 aromatic rings. The van der Waals surface area contributed by atoms with Crippen LogP contribution in [-0.2, 0) is 0 Å². The lowest BCUT2D eigenvalue weighted by atomic mass is 10.2. The first kappa shape index (κ1) is 14.0. The minimum absolute atomic E-state index is 0.170.